The number of carbonyl (C=O) groups excluding carboxylic acids is 1. The SMILES string of the molecule is CN(C)c1ccc(C(=O)N(C)C2CCCCC2O)cn1. The van der Waals surface area contributed by atoms with Crippen LogP contribution < -0.4 is 4.90 Å². The van der Waals surface area contributed by atoms with Crippen molar-refractivity contribution in [3.05, 3.63) is 23.9 Å². The number of aliphatic hydroxyl groups is 1. The smallest absolute Gasteiger partial charge is 0.255 e. The molecule has 20 heavy (non-hydrogen) atoms. The first kappa shape index (κ1) is 14.8. The molecule has 1 aliphatic carbocycles. The standard InChI is InChI=1S/C15H23N3O2/c1-17(2)14-9-8-11(10-16-14)15(20)18(3)12-6-4-5-7-13(12)19/h8-10,12-13,19H,4-7H2,1-3H3. The molecule has 1 amide bonds. The minimum Gasteiger partial charge on any atom is -0.391 e. The van der Waals surface area contributed by atoms with E-state index in [0.717, 1.165) is 31.5 Å². The molecule has 1 heterocycles. The Morgan fingerprint density at radius 3 is 2.50 bits per heavy atom. The summed E-state index contributed by atoms with van der Waals surface area (Å²) in [6, 6.07) is 3.54. The van der Waals surface area contributed by atoms with Crippen LogP contribution in [0.5, 0.6) is 0 Å². The van der Waals surface area contributed by atoms with E-state index in [4.69, 9.17) is 0 Å². The fourth-order valence-electron chi connectivity index (χ4n) is 2.67. The van der Waals surface area contributed by atoms with E-state index in [1.54, 1.807) is 24.2 Å². The Bertz CT molecular complexity index is 459. The lowest BCUT2D eigenvalue weighted by Crippen LogP contribution is -2.46. The van der Waals surface area contributed by atoms with E-state index < -0.39 is 6.10 Å². The summed E-state index contributed by atoms with van der Waals surface area (Å²) < 4.78 is 0. The largest absolute Gasteiger partial charge is 0.391 e. The highest BCUT2D eigenvalue weighted by Gasteiger charge is 2.29. The van der Waals surface area contributed by atoms with Gasteiger partial charge in [0.15, 0.2) is 0 Å². The number of aromatic nitrogens is 1. The van der Waals surface area contributed by atoms with Gasteiger partial charge < -0.3 is 14.9 Å². The predicted octanol–water partition coefficient (Wildman–Crippen LogP) is 1.52. The fraction of sp³-hybridized carbons (Fsp3) is 0.600. The molecule has 0 aromatic carbocycles. The summed E-state index contributed by atoms with van der Waals surface area (Å²) in [5.41, 5.74) is 0.566. The first-order valence-electron chi connectivity index (χ1n) is 7.09. The highest BCUT2D eigenvalue weighted by molar-refractivity contribution is 5.94. The molecule has 110 valence electrons. The van der Waals surface area contributed by atoms with Crippen LogP contribution in [0.25, 0.3) is 0 Å². The highest BCUT2D eigenvalue weighted by Crippen LogP contribution is 2.23. The van der Waals surface area contributed by atoms with Gasteiger partial charge >= 0.3 is 0 Å². The minimum absolute atomic E-state index is 0.0752. The molecular weight excluding hydrogens is 254 g/mol. The van der Waals surface area contributed by atoms with Crippen LogP contribution in [0.4, 0.5) is 5.82 Å². The summed E-state index contributed by atoms with van der Waals surface area (Å²) in [5.74, 6) is 0.746. The molecule has 0 bridgehead atoms. The molecule has 1 N–H and O–H groups in total. The number of amides is 1. The molecular formula is C15H23N3O2. The van der Waals surface area contributed by atoms with Crippen LogP contribution in [0.1, 0.15) is 36.0 Å². The highest BCUT2D eigenvalue weighted by atomic mass is 16.3. The number of anilines is 1. The second-order valence-electron chi connectivity index (χ2n) is 5.63. The molecule has 2 unspecified atom stereocenters. The molecule has 0 spiro atoms. The Labute approximate surface area is 120 Å². The van der Waals surface area contributed by atoms with E-state index >= 15 is 0 Å². The molecule has 5 heteroatoms. The zero-order chi connectivity index (χ0) is 14.7. The van der Waals surface area contributed by atoms with Crippen molar-refractivity contribution in [1.29, 1.82) is 0 Å². The van der Waals surface area contributed by atoms with Gasteiger partial charge in [-0.05, 0) is 25.0 Å². The summed E-state index contributed by atoms with van der Waals surface area (Å²) in [5, 5.41) is 10.0. The number of rotatable bonds is 3. The number of pyridine rings is 1. The Hall–Kier alpha value is -1.62. The van der Waals surface area contributed by atoms with E-state index in [1.165, 1.54) is 0 Å². The van der Waals surface area contributed by atoms with Crippen LogP contribution in [-0.2, 0) is 0 Å². The van der Waals surface area contributed by atoms with Crippen molar-refractivity contribution in [1.82, 2.24) is 9.88 Å². The number of nitrogens with zero attached hydrogens (tertiary/aromatic N) is 3. The lowest BCUT2D eigenvalue weighted by atomic mass is 9.91. The third kappa shape index (κ3) is 3.10. The molecule has 5 nitrogen and oxygen atoms in total. The summed E-state index contributed by atoms with van der Waals surface area (Å²) >= 11 is 0. The minimum atomic E-state index is -0.410. The lowest BCUT2D eigenvalue weighted by Gasteiger charge is -2.35. The van der Waals surface area contributed by atoms with Crippen LogP contribution in [0.2, 0.25) is 0 Å². The second kappa shape index (κ2) is 6.22. The van der Waals surface area contributed by atoms with E-state index in [2.05, 4.69) is 4.98 Å². The van der Waals surface area contributed by atoms with Gasteiger partial charge in [-0.25, -0.2) is 4.98 Å². The maximum absolute atomic E-state index is 12.4. The molecule has 0 aliphatic heterocycles. The van der Waals surface area contributed by atoms with Crippen molar-refractivity contribution in [2.75, 3.05) is 26.0 Å². The first-order chi connectivity index (χ1) is 9.50. The quantitative estimate of drug-likeness (QED) is 0.910. The van der Waals surface area contributed by atoms with Gasteiger partial charge in [-0.3, -0.25) is 4.79 Å². The Balaban J connectivity index is 2.09. The number of hydrogen-bond donors (Lipinski definition) is 1. The van der Waals surface area contributed by atoms with E-state index in [-0.39, 0.29) is 11.9 Å². The van der Waals surface area contributed by atoms with Crippen molar-refractivity contribution in [3.8, 4) is 0 Å². The average Bonchev–Trinajstić information content (AvgIpc) is 2.46. The molecule has 2 rings (SSSR count). The third-order valence-electron chi connectivity index (χ3n) is 3.96. The van der Waals surface area contributed by atoms with Gasteiger partial charge in [0.1, 0.15) is 5.82 Å². The van der Waals surface area contributed by atoms with Gasteiger partial charge in [0.25, 0.3) is 5.91 Å². The molecule has 1 aliphatic rings. The van der Waals surface area contributed by atoms with E-state index in [9.17, 15) is 9.90 Å². The van der Waals surface area contributed by atoms with Crippen LogP contribution in [0, 0.1) is 0 Å². The van der Waals surface area contributed by atoms with E-state index in [1.807, 2.05) is 25.1 Å². The van der Waals surface area contributed by atoms with Gasteiger partial charge in [0.2, 0.25) is 0 Å². The van der Waals surface area contributed by atoms with Gasteiger partial charge in [-0.1, -0.05) is 12.8 Å². The van der Waals surface area contributed by atoms with Crippen molar-refractivity contribution in [2.24, 2.45) is 0 Å². The fourth-order valence-corrected chi connectivity index (χ4v) is 2.67. The van der Waals surface area contributed by atoms with Crippen molar-refractivity contribution in [3.63, 3.8) is 0 Å². The first-order valence-corrected chi connectivity index (χ1v) is 7.09. The summed E-state index contributed by atoms with van der Waals surface area (Å²) in [4.78, 5) is 20.2. The Kier molecular flexibility index (Phi) is 4.60. The van der Waals surface area contributed by atoms with Gasteiger partial charge in [0, 0.05) is 27.3 Å². The van der Waals surface area contributed by atoms with Crippen molar-refractivity contribution >= 4 is 11.7 Å². The molecule has 1 aromatic rings. The van der Waals surface area contributed by atoms with Crippen LogP contribution >= 0.6 is 0 Å². The van der Waals surface area contributed by atoms with Gasteiger partial charge in [0.05, 0.1) is 17.7 Å². The average molecular weight is 277 g/mol. The predicted molar refractivity (Wildman–Crippen MR) is 78.9 cm³/mol. The molecule has 2 atom stereocenters. The molecule has 0 saturated heterocycles. The molecule has 1 aromatic heterocycles. The van der Waals surface area contributed by atoms with E-state index in [0.29, 0.717) is 5.56 Å². The number of carbonyl (C=O) groups is 1. The number of hydrogen-bond acceptors (Lipinski definition) is 4. The van der Waals surface area contributed by atoms with Crippen molar-refractivity contribution < 1.29 is 9.90 Å². The number of likely N-dealkylation sites (N-methyl/N-ethyl adjacent to an activating group) is 1. The van der Waals surface area contributed by atoms with Gasteiger partial charge in [-0.15, -0.1) is 0 Å². The molecule has 1 fully saturated rings. The maximum Gasteiger partial charge on any atom is 0.255 e. The van der Waals surface area contributed by atoms with Crippen LogP contribution in [0.3, 0.4) is 0 Å². The summed E-state index contributed by atoms with van der Waals surface area (Å²) in [6.45, 7) is 0. The van der Waals surface area contributed by atoms with Gasteiger partial charge in [-0.2, -0.15) is 0 Å². The molecule has 0 radical (unpaired) electrons. The topological polar surface area (TPSA) is 56.7 Å². The monoisotopic (exact) mass is 277 g/mol. The zero-order valence-corrected chi connectivity index (χ0v) is 12.4. The maximum atomic E-state index is 12.4. The normalized spacial score (nSPS) is 22.4. The van der Waals surface area contributed by atoms with Crippen molar-refractivity contribution in [2.45, 2.75) is 37.8 Å². The number of aliphatic hydroxyl groups excluding tert-OH is 1. The summed E-state index contributed by atoms with van der Waals surface area (Å²) in [6.07, 6.45) is 4.94. The summed E-state index contributed by atoms with van der Waals surface area (Å²) in [7, 11) is 5.59. The zero-order valence-electron chi connectivity index (χ0n) is 12.4. The Morgan fingerprint density at radius 1 is 1.25 bits per heavy atom. The second-order valence-corrected chi connectivity index (χ2v) is 5.63. The van der Waals surface area contributed by atoms with Crippen LogP contribution in [-0.4, -0.2) is 54.2 Å². The third-order valence-corrected chi connectivity index (χ3v) is 3.96. The molecule has 1 saturated carbocycles. The Morgan fingerprint density at radius 2 is 1.95 bits per heavy atom. The lowest BCUT2D eigenvalue weighted by molar-refractivity contribution is 0.0268. The van der Waals surface area contributed by atoms with Crippen LogP contribution in [0.15, 0.2) is 18.3 Å².